The number of hydrogen-bond acceptors (Lipinski definition) is 5. The highest BCUT2D eigenvalue weighted by molar-refractivity contribution is 5.54. The van der Waals surface area contributed by atoms with Gasteiger partial charge in [-0.05, 0) is 37.1 Å². The molecule has 0 bridgehead atoms. The molecule has 26 heavy (non-hydrogen) atoms. The Morgan fingerprint density at radius 1 is 1.08 bits per heavy atom. The minimum atomic E-state index is 0.316. The Labute approximate surface area is 152 Å². The first-order valence-corrected chi connectivity index (χ1v) is 8.86. The van der Waals surface area contributed by atoms with E-state index in [-0.39, 0.29) is 0 Å². The average molecular weight is 344 g/mol. The van der Waals surface area contributed by atoms with Crippen LogP contribution in [0, 0.1) is 11.3 Å². The van der Waals surface area contributed by atoms with Crippen LogP contribution in [0.5, 0.6) is 0 Å². The summed E-state index contributed by atoms with van der Waals surface area (Å²) >= 11 is 0. The molecule has 6 heteroatoms. The van der Waals surface area contributed by atoms with Gasteiger partial charge in [-0.25, -0.2) is 9.97 Å². The third kappa shape index (κ3) is 3.29. The molecule has 0 aliphatic carbocycles. The van der Waals surface area contributed by atoms with Crippen LogP contribution < -0.4 is 4.90 Å². The maximum Gasteiger partial charge on any atom is 0.146 e. The van der Waals surface area contributed by atoms with Crippen molar-refractivity contribution in [3.8, 4) is 6.07 Å². The lowest BCUT2D eigenvalue weighted by atomic mass is 9.96. The van der Waals surface area contributed by atoms with Gasteiger partial charge in [0.2, 0.25) is 0 Å². The number of piperidine rings is 1. The largest absolute Gasteiger partial charge is 0.355 e. The van der Waals surface area contributed by atoms with Gasteiger partial charge in [0.25, 0.3) is 0 Å². The summed E-state index contributed by atoms with van der Waals surface area (Å²) in [6.07, 6.45) is 9.59. The number of rotatable bonds is 4. The Hall–Kier alpha value is -3.20. The first kappa shape index (κ1) is 16.3. The van der Waals surface area contributed by atoms with E-state index in [0.29, 0.717) is 11.5 Å². The lowest BCUT2D eigenvalue weighted by molar-refractivity contribution is 0.473. The smallest absolute Gasteiger partial charge is 0.146 e. The van der Waals surface area contributed by atoms with E-state index < -0.39 is 0 Å². The molecule has 1 fully saturated rings. The van der Waals surface area contributed by atoms with E-state index in [2.05, 4.69) is 30.5 Å². The van der Waals surface area contributed by atoms with Gasteiger partial charge >= 0.3 is 0 Å². The summed E-state index contributed by atoms with van der Waals surface area (Å²) in [5, 5.41) is 9.37. The molecule has 0 spiro atoms. The molecule has 3 aromatic rings. The highest BCUT2D eigenvalue weighted by Crippen LogP contribution is 2.29. The van der Waals surface area contributed by atoms with Crippen LogP contribution in [0.25, 0.3) is 0 Å². The van der Waals surface area contributed by atoms with Gasteiger partial charge in [-0.3, -0.25) is 4.98 Å². The summed E-state index contributed by atoms with van der Waals surface area (Å²) in [6.45, 7) is 2.47. The molecular formula is C20H20N6. The van der Waals surface area contributed by atoms with Crippen molar-refractivity contribution in [2.24, 2.45) is 0 Å². The van der Waals surface area contributed by atoms with Crippen LogP contribution in [0.3, 0.4) is 0 Å². The van der Waals surface area contributed by atoms with Crippen LogP contribution in [0.2, 0.25) is 0 Å². The highest BCUT2D eigenvalue weighted by atomic mass is 15.2. The molecule has 0 aromatic carbocycles. The SMILES string of the molecule is N#Cc1cccnc1N1CCC[C@@H](c2nccn2Cc2ccccn2)C1. The van der Waals surface area contributed by atoms with Crippen molar-refractivity contribution in [3.63, 3.8) is 0 Å². The zero-order valence-electron chi connectivity index (χ0n) is 14.5. The molecule has 0 amide bonds. The fourth-order valence-electron chi connectivity index (χ4n) is 3.60. The summed E-state index contributed by atoms with van der Waals surface area (Å²) in [5.41, 5.74) is 1.65. The molecule has 6 nitrogen and oxygen atoms in total. The Bertz CT molecular complexity index is 911. The fraction of sp³-hybridized carbons (Fsp3) is 0.300. The summed E-state index contributed by atoms with van der Waals surface area (Å²) in [4.78, 5) is 15.7. The number of hydrogen-bond donors (Lipinski definition) is 0. The zero-order chi connectivity index (χ0) is 17.8. The Morgan fingerprint density at radius 3 is 2.85 bits per heavy atom. The van der Waals surface area contributed by atoms with Gasteiger partial charge < -0.3 is 9.47 Å². The fourth-order valence-corrected chi connectivity index (χ4v) is 3.60. The number of pyridine rings is 2. The number of nitriles is 1. The van der Waals surface area contributed by atoms with Crippen molar-refractivity contribution < 1.29 is 0 Å². The zero-order valence-corrected chi connectivity index (χ0v) is 14.5. The standard InChI is InChI=1S/C20H20N6/c21-13-16-5-3-9-23-19(16)25-11-4-6-17(14-25)20-24-10-12-26(20)15-18-7-1-2-8-22-18/h1-3,5,7-10,12,17H,4,6,11,14-15H2/t17-/m1/s1. The van der Waals surface area contributed by atoms with E-state index in [0.717, 1.165) is 49.8 Å². The summed E-state index contributed by atoms with van der Waals surface area (Å²) < 4.78 is 2.18. The third-order valence-electron chi connectivity index (χ3n) is 4.80. The van der Waals surface area contributed by atoms with Gasteiger partial charge in [-0.2, -0.15) is 5.26 Å². The summed E-state index contributed by atoms with van der Waals surface area (Å²) in [5.74, 6) is 2.17. The molecule has 0 N–H and O–H groups in total. The van der Waals surface area contributed by atoms with Crippen LogP contribution >= 0.6 is 0 Å². The third-order valence-corrected chi connectivity index (χ3v) is 4.80. The van der Waals surface area contributed by atoms with Gasteiger partial charge in [-0.1, -0.05) is 6.07 Å². The molecule has 0 unspecified atom stereocenters. The molecule has 1 aliphatic heterocycles. The summed E-state index contributed by atoms with van der Waals surface area (Å²) in [6, 6.07) is 11.9. The number of nitrogens with zero attached hydrogens (tertiary/aromatic N) is 6. The van der Waals surface area contributed by atoms with Gasteiger partial charge in [0.05, 0.1) is 17.8 Å². The minimum Gasteiger partial charge on any atom is -0.355 e. The van der Waals surface area contributed by atoms with Gasteiger partial charge in [-0.15, -0.1) is 0 Å². The van der Waals surface area contributed by atoms with Crippen molar-refractivity contribution >= 4 is 5.82 Å². The molecule has 4 rings (SSSR count). The predicted molar refractivity (Wildman–Crippen MR) is 98.7 cm³/mol. The molecule has 1 atom stereocenters. The van der Waals surface area contributed by atoms with E-state index in [1.807, 2.05) is 48.9 Å². The second kappa shape index (κ2) is 7.36. The minimum absolute atomic E-state index is 0.316. The van der Waals surface area contributed by atoms with Crippen LogP contribution in [0.4, 0.5) is 5.82 Å². The van der Waals surface area contributed by atoms with Gasteiger partial charge in [0.1, 0.15) is 17.7 Å². The number of imidazole rings is 1. The van der Waals surface area contributed by atoms with E-state index in [9.17, 15) is 5.26 Å². The Balaban J connectivity index is 1.56. The topological polar surface area (TPSA) is 70.6 Å². The molecular weight excluding hydrogens is 324 g/mol. The van der Waals surface area contributed by atoms with Crippen LogP contribution in [0.1, 0.15) is 35.8 Å². The molecule has 1 saturated heterocycles. The van der Waals surface area contributed by atoms with Crippen molar-refractivity contribution in [3.05, 3.63) is 72.2 Å². The monoisotopic (exact) mass is 344 g/mol. The summed E-state index contributed by atoms with van der Waals surface area (Å²) in [7, 11) is 0. The molecule has 4 heterocycles. The Kier molecular flexibility index (Phi) is 4.61. The lowest BCUT2D eigenvalue weighted by Crippen LogP contribution is -2.36. The first-order valence-electron chi connectivity index (χ1n) is 8.86. The maximum atomic E-state index is 9.37. The average Bonchev–Trinajstić information content (AvgIpc) is 3.17. The highest BCUT2D eigenvalue weighted by Gasteiger charge is 2.26. The number of anilines is 1. The maximum absolute atomic E-state index is 9.37. The van der Waals surface area contributed by atoms with Crippen LogP contribution in [-0.2, 0) is 6.54 Å². The second-order valence-electron chi connectivity index (χ2n) is 6.51. The van der Waals surface area contributed by atoms with Gasteiger partial charge in [0, 0.05) is 43.8 Å². The Morgan fingerprint density at radius 2 is 2.00 bits per heavy atom. The number of aromatic nitrogens is 4. The van der Waals surface area contributed by atoms with Crippen molar-refractivity contribution in [1.29, 1.82) is 5.26 Å². The molecule has 0 saturated carbocycles. The quantitative estimate of drug-likeness (QED) is 0.728. The molecule has 3 aromatic heterocycles. The van der Waals surface area contributed by atoms with E-state index in [1.165, 1.54) is 0 Å². The molecule has 130 valence electrons. The van der Waals surface area contributed by atoms with Crippen molar-refractivity contribution in [2.45, 2.75) is 25.3 Å². The van der Waals surface area contributed by atoms with E-state index in [1.54, 1.807) is 6.20 Å². The van der Waals surface area contributed by atoms with Crippen LogP contribution in [0.15, 0.2) is 55.1 Å². The van der Waals surface area contributed by atoms with E-state index in [4.69, 9.17) is 0 Å². The second-order valence-corrected chi connectivity index (χ2v) is 6.51. The molecule has 0 radical (unpaired) electrons. The van der Waals surface area contributed by atoms with Gasteiger partial charge in [0.15, 0.2) is 0 Å². The van der Waals surface area contributed by atoms with Crippen LogP contribution in [-0.4, -0.2) is 32.6 Å². The predicted octanol–water partition coefficient (Wildman–Crippen LogP) is 2.98. The normalized spacial score (nSPS) is 17.0. The van der Waals surface area contributed by atoms with Crippen molar-refractivity contribution in [2.75, 3.05) is 18.0 Å². The van der Waals surface area contributed by atoms with Crippen molar-refractivity contribution in [1.82, 2.24) is 19.5 Å². The molecule has 1 aliphatic rings. The first-order chi connectivity index (χ1) is 12.8. The van der Waals surface area contributed by atoms with E-state index >= 15 is 0 Å². The lowest BCUT2D eigenvalue weighted by Gasteiger charge is -2.33.